The first kappa shape index (κ1) is 11.8. The quantitative estimate of drug-likeness (QED) is 0.561. The van der Waals surface area contributed by atoms with E-state index >= 15 is 0 Å². The molecule has 4 heteroatoms. The molecule has 2 aromatic heterocycles. The highest BCUT2D eigenvalue weighted by atomic mass is 15.2. The predicted octanol–water partition coefficient (Wildman–Crippen LogP) is 3.48. The van der Waals surface area contributed by atoms with Gasteiger partial charge in [0.15, 0.2) is 5.65 Å². The molecule has 0 radical (unpaired) electrons. The number of para-hydroxylation sites is 1. The molecule has 0 aliphatic heterocycles. The van der Waals surface area contributed by atoms with Gasteiger partial charge in [0.2, 0.25) is 0 Å². The Morgan fingerprint density at radius 1 is 0.762 bits per heavy atom. The van der Waals surface area contributed by atoms with Gasteiger partial charge in [-0.15, -0.1) is 5.10 Å². The van der Waals surface area contributed by atoms with Gasteiger partial charge in [-0.1, -0.05) is 48.5 Å². The van der Waals surface area contributed by atoms with Crippen molar-refractivity contribution >= 4 is 11.2 Å². The van der Waals surface area contributed by atoms with Crippen LogP contribution in [0.15, 0.2) is 72.9 Å². The van der Waals surface area contributed by atoms with Crippen LogP contribution >= 0.6 is 0 Å². The third kappa shape index (κ3) is 1.97. The Kier molecular flexibility index (Phi) is 2.71. The molecule has 0 atom stereocenters. The highest BCUT2D eigenvalue weighted by Gasteiger charge is 2.14. The largest absolute Gasteiger partial charge is 0.275 e. The molecule has 0 unspecified atom stereocenters. The van der Waals surface area contributed by atoms with Gasteiger partial charge in [-0.2, -0.15) is 5.10 Å². The van der Waals surface area contributed by atoms with E-state index in [0.717, 1.165) is 28.2 Å². The van der Waals surface area contributed by atoms with E-state index in [9.17, 15) is 0 Å². The molecule has 4 nitrogen and oxygen atoms in total. The summed E-state index contributed by atoms with van der Waals surface area (Å²) in [5.41, 5.74) is 3.69. The van der Waals surface area contributed by atoms with Crippen LogP contribution in [-0.2, 0) is 0 Å². The highest BCUT2D eigenvalue weighted by molar-refractivity contribution is 5.79. The summed E-state index contributed by atoms with van der Waals surface area (Å²) in [6.45, 7) is 0. The standard InChI is InChI=1S/C17H12N4/c1-3-7-13(8-4-1)16-19-15-11-12-18-20-17(15)21(16)14-9-5-2-6-10-14/h1-12H. The van der Waals surface area contributed by atoms with Crippen LogP contribution < -0.4 is 0 Å². The van der Waals surface area contributed by atoms with Crippen molar-refractivity contribution in [3.8, 4) is 17.1 Å². The third-order valence-corrected chi connectivity index (χ3v) is 3.38. The number of hydrogen-bond acceptors (Lipinski definition) is 3. The van der Waals surface area contributed by atoms with Gasteiger partial charge in [0.25, 0.3) is 0 Å². The minimum Gasteiger partial charge on any atom is -0.275 e. The fourth-order valence-corrected chi connectivity index (χ4v) is 2.43. The van der Waals surface area contributed by atoms with Crippen molar-refractivity contribution in [1.29, 1.82) is 0 Å². The molecule has 21 heavy (non-hydrogen) atoms. The van der Waals surface area contributed by atoms with E-state index in [4.69, 9.17) is 4.98 Å². The average Bonchev–Trinajstić information content (AvgIpc) is 2.96. The summed E-state index contributed by atoms with van der Waals surface area (Å²) < 4.78 is 2.04. The minimum absolute atomic E-state index is 0.766. The number of nitrogens with zero attached hydrogens (tertiary/aromatic N) is 4. The molecule has 0 N–H and O–H groups in total. The van der Waals surface area contributed by atoms with E-state index in [1.807, 2.05) is 71.3 Å². The van der Waals surface area contributed by atoms with Crippen molar-refractivity contribution < 1.29 is 0 Å². The summed E-state index contributed by atoms with van der Waals surface area (Å²) in [4.78, 5) is 4.72. The molecule has 0 saturated carbocycles. The lowest BCUT2D eigenvalue weighted by atomic mass is 10.2. The van der Waals surface area contributed by atoms with Crippen molar-refractivity contribution in [1.82, 2.24) is 19.7 Å². The van der Waals surface area contributed by atoms with Crippen molar-refractivity contribution in [3.05, 3.63) is 72.9 Å². The molecule has 2 aromatic carbocycles. The summed E-state index contributed by atoms with van der Waals surface area (Å²) in [5.74, 6) is 0.873. The number of benzene rings is 2. The second kappa shape index (κ2) is 4.83. The summed E-state index contributed by atoms with van der Waals surface area (Å²) in [6, 6.07) is 22.1. The molecule has 4 aromatic rings. The molecular weight excluding hydrogens is 260 g/mol. The normalized spacial score (nSPS) is 10.9. The first-order valence-electron chi connectivity index (χ1n) is 6.74. The van der Waals surface area contributed by atoms with Crippen LogP contribution in [0.3, 0.4) is 0 Å². The maximum absolute atomic E-state index is 4.72. The van der Waals surface area contributed by atoms with Gasteiger partial charge < -0.3 is 0 Å². The zero-order valence-corrected chi connectivity index (χ0v) is 11.2. The van der Waals surface area contributed by atoms with Crippen LogP contribution in [0, 0.1) is 0 Å². The fraction of sp³-hybridized carbons (Fsp3) is 0. The third-order valence-electron chi connectivity index (χ3n) is 3.38. The van der Waals surface area contributed by atoms with E-state index in [2.05, 4.69) is 10.2 Å². The number of imidazole rings is 1. The van der Waals surface area contributed by atoms with Crippen LogP contribution in [-0.4, -0.2) is 19.7 Å². The van der Waals surface area contributed by atoms with Crippen LogP contribution in [0.2, 0.25) is 0 Å². The molecule has 0 spiro atoms. The van der Waals surface area contributed by atoms with Gasteiger partial charge in [-0.05, 0) is 18.2 Å². The van der Waals surface area contributed by atoms with Crippen molar-refractivity contribution in [2.75, 3.05) is 0 Å². The molecule has 0 aliphatic rings. The van der Waals surface area contributed by atoms with E-state index < -0.39 is 0 Å². The number of fused-ring (bicyclic) bond motifs is 1. The predicted molar refractivity (Wildman–Crippen MR) is 82.1 cm³/mol. The van der Waals surface area contributed by atoms with Crippen molar-refractivity contribution in [3.63, 3.8) is 0 Å². The molecule has 0 aliphatic carbocycles. The molecule has 2 heterocycles. The average molecular weight is 272 g/mol. The maximum Gasteiger partial charge on any atom is 0.187 e. The van der Waals surface area contributed by atoms with E-state index in [0.29, 0.717) is 0 Å². The second-order valence-corrected chi connectivity index (χ2v) is 4.71. The summed E-state index contributed by atoms with van der Waals surface area (Å²) in [5, 5.41) is 8.25. The Labute approximate surface area is 121 Å². The van der Waals surface area contributed by atoms with Crippen LogP contribution in [0.1, 0.15) is 0 Å². The molecule has 4 rings (SSSR count). The monoisotopic (exact) mass is 272 g/mol. The maximum atomic E-state index is 4.72. The molecule has 0 amide bonds. The van der Waals surface area contributed by atoms with Crippen LogP contribution in [0.5, 0.6) is 0 Å². The van der Waals surface area contributed by atoms with Gasteiger partial charge in [0.1, 0.15) is 11.3 Å². The van der Waals surface area contributed by atoms with Crippen LogP contribution in [0.25, 0.3) is 28.2 Å². The van der Waals surface area contributed by atoms with E-state index in [1.165, 1.54) is 0 Å². The lowest BCUT2D eigenvalue weighted by Gasteiger charge is -2.08. The Bertz CT molecular complexity index is 882. The van der Waals surface area contributed by atoms with E-state index in [-0.39, 0.29) is 0 Å². The highest BCUT2D eigenvalue weighted by Crippen LogP contribution is 2.26. The number of hydrogen-bond donors (Lipinski definition) is 0. The molecule has 0 fully saturated rings. The first-order valence-corrected chi connectivity index (χ1v) is 6.74. The molecule has 100 valence electrons. The molecule has 0 saturated heterocycles. The second-order valence-electron chi connectivity index (χ2n) is 4.71. The summed E-state index contributed by atoms with van der Waals surface area (Å²) in [7, 11) is 0. The zero-order valence-electron chi connectivity index (χ0n) is 11.2. The van der Waals surface area contributed by atoms with Gasteiger partial charge in [-0.25, -0.2) is 4.98 Å². The molecule has 0 bridgehead atoms. The topological polar surface area (TPSA) is 43.6 Å². The zero-order chi connectivity index (χ0) is 14.1. The first-order chi connectivity index (χ1) is 10.4. The van der Waals surface area contributed by atoms with Crippen molar-refractivity contribution in [2.45, 2.75) is 0 Å². The fourth-order valence-electron chi connectivity index (χ4n) is 2.43. The van der Waals surface area contributed by atoms with E-state index in [1.54, 1.807) is 6.20 Å². The summed E-state index contributed by atoms with van der Waals surface area (Å²) >= 11 is 0. The van der Waals surface area contributed by atoms with Gasteiger partial charge in [0, 0.05) is 11.3 Å². The Balaban J connectivity index is 2.07. The SMILES string of the molecule is c1ccc(-c2nc3ccnnc3n2-c2ccccc2)cc1. The Morgan fingerprint density at radius 2 is 1.48 bits per heavy atom. The lowest BCUT2D eigenvalue weighted by Crippen LogP contribution is -1.98. The smallest absolute Gasteiger partial charge is 0.187 e. The number of aromatic nitrogens is 4. The van der Waals surface area contributed by atoms with Crippen molar-refractivity contribution in [2.24, 2.45) is 0 Å². The lowest BCUT2D eigenvalue weighted by molar-refractivity contribution is 1.01. The number of rotatable bonds is 2. The Hall–Kier alpha value is -3.01. The van der Waals surface area contributed by atoms with Gasteiger partial charge in [-0.3, -0.25) is 4.57 Å². The van der Waals surface area contributed by atoms with Gasteiger partial charge in [0.05, 0.1) is 6.20 Å². The summed E-state index contributed by atoms with van der Waals surface area (Å²) in [6.07, 6.45) is 1.67. The minimum atomic E-state index is 0.766. The molecular formula is C17H12N4. The van der Waals surface area contributed by atoms with Gasteiger partial charge >= 0.3 is 0 Å². The Morgan fingerprint density at radius 3 is 2.24 bits per heavy atom. The van der Waals surface area contributed by atoms with Crippen LogP contribution in [0.4, 0.5) is 0 Å².